The predicted molar refractivity (Wildman–Crippen MR) is 122 cm³/mol. The smallest absolute Gasteiger partial charge is 0.258 e. The van der Waals surface area contributed by atoms with E-state index < -0.39 is 6.23 Å². The zero-order valence-electron chi connectivity index (χ0n) is 17.2. The van der Waals surface area contributed by atoms with E-state index >= 15 is 0 Å². The molecule has 1 aliphatic heterocycles. The Morgan fingerprint density at radius 3 is 2.74 bits per heavy atom. The van der Waals surface area contributed by atoms with Crippen LogP contribution in [0.25, 0.3) is 21.7 Å². The van der Waals surface area contributed by atoms with Crippen LogP contribution in [0.4, 0.5) is 0 Å². The van der Waals surface area contributed by atoms with Gasteiger partial charge in [0, 0.05) is 29.2 Å². The number of nitrogens with zero attached hydrogens (tertiary/aromatic N) is 2. The number of hydrogen-bond acceptors (Lipinski definition) is 4. The number of aliphatic hydroxyl groups is 1. The first-order valence-corrected chi connectivity index (χ1v) is 11.1. The van der Waals surface area contributed by atoms with E-state index in [1.165, 1.54) is 0 Å². The SMILES string of the molecule is O=c1c2c(C3CCN[C@H](O)C3)cccc2ccn1C1CC1c1ccc2ccccc2n1. The molecule has 0 bridgehead atoms. The summed E-state index contributed by atoms with van der Waals surface area (Å²) in [4.78, 5) is 18.5. The largest absolute Gasteiger partial charge is 0.379 e. The number of rotatable bonds is 3. The van der Waals surface area contributed by atoms with Crippen LogP contribution < -0.4 is 10.9 Å². The van der Waals surface area contributed by atoms with Gasteiger partial charge in [0.05, 0.1) is 10.9 Å². The molecule has 3 unspecified atom stereocenters. The summed E-state index contributed by atoms with van der Waals surface area (Å²) >= 11 is 0. The summed E-state index contributed by atoms with van der Waals surface area (Å²) in [6.07, 6.45) is 3.94. The van der Waals surface area contributed by atoms with Crippen molar-refractivity contribution < 1.29 is 5.11 Å². The molecular formula is C26H25N3O2. The Balaban J connectivity index is 1.38. The van der Waals surface area contributed by atoms with Crippen LogP contribution in [0.3, 0.4) is 0 Å². The molecule has 156 valence electrons. The predicted octanol–water partition coefficient (Wildman–Crippen LogP) is 4.06. The lowest BCUT2D eigenvalue weighted by Gasteiger charge is -2.28. The Kier molecular flexibility index (Phi) is 4.40. The van der Waals surface area contributed by atoms with Crippen molar-refractivity contribution >= 4 is 21.7 Å². The van der Waals surface area contributed by atoms with Gasteiger partial charge in [-0.2, -0.15) is 0 Å². The molecule has 2 aliphatic rings. The van der Waals surface area contributed by atoms with Crippen LogP contribution in [-0.4, -0.2) is 27.4 Å². The van der Waals surface area contributed by atoms with Gasteiger partial charge in [-0.25, -0.2) is 0 Å². The first-order valence-electron chi connectivity index (χ1n) is 11.1. The van der Waals surface area contributed by atoms with E-state index in [-0.39, 0.29) is 23.4 Å². The third-order valence-electron chi connectivity index (χ3n) is 6.93. The summed E-state index contributed by atoms with van der Waals surface area (Å²) in [5.41, 5.74) is 3.21. The second-order valence-electron chi connectivity index (χ2n) is 8.87. The number of fused-ring (bicyclic) bond motifs is 2. The van der Waals surface area contributed by atoms with Gasteiger partial charge in [0.25, 0.3) is 5.56 Å². The molecule has 4 atom stereocenters. The van der Waals surface area contributed by atoms with Gasteiger partial charge < -0.3 is 9.67 Å². The average molecular weight is 412 g/mol. The summed E-state index contributed by atoms with van der Waals surface area (Å²) in [6, 6.07) is 20.7. The van der Waals surface area contributed by atoms with E-state index in [0.29, 0.717) is 6.42 Å². The van der Waals surface area contributed by atoms with E-state index in [4.69, 9.17) is 4.98 Å². The topological polar surface area (TPSA) is 67.2 Å². The summed E-state index contributed by atoms with van der Waals surface area (Å²) in [6.45, 7) is 0.765. The van der Waals surface area contributed by atoms with E-state index in [9.17, 15) is 9.90 Å². The molecular weight excluding hydrogens is 386 g/mol. The Morgan fingerprint density at radius 1 is 0.968 bits per heavy atom. The minimum Gasteiger partial charge on any atom is -0.379 e. The molecule has 2 fully saturated rings. The van der Waals surface area contributed by atoms with Crippen LogP contribution in [0, 0.1) is 0 Å². The summed E-state index contributed by atoms with van der Waals surface area (Å²) in [5.74, 6) is 0.466. The van der Waals surface area contributed by atoms with Crippen LogP contribution in [0.2, 0.25) is 0 Å². The van der Waals surface area contributed by atoms with Crippen molar-refractivity contribution in [3.8, 4) is 0 Å². The summed E-state index contributed by atoms with van der Waals surface area (Å²) in [5, 5.41) is 16.1. The van der Waals surface area contributed by atoms with Gasteiger partial charge in [0.1, 0.15) is 6.23 Å². The number of nitrogens with one attached hydrogen (secondary N) is 1. The lowest BCUT2D eigenvalue weighted by molar-refractivity contribution is 0.0980. The highest BCUT2D eigenvalue weighted by Crippen LogP contribution is 2.50. The molecule has 0 amide bonds. The van der Waals surface area contributed by atoms with Crippen LogP contribution in [-0.2, 0) is 0 Å². The molecule has 31 heavy (non-hydrogen) atoms. The van der Waals surface area contributed by atoms with Crippen molar-refractivity contribution in [2.24, 2.45) is 0 Å². The van der Waals surface area contributed by atoms with E-state index in [2.05, 4.69) is 35.6 Å². The maximum Gasteiger partial charge on any atom is 0.258 e. The third-order valence-corrected chi connectivity index (χ3v) is 6.93. The first kappa shape index (κ1) is 18.7. The number of piperidine rings is 1. The van der Waals surface area contributed by atoms with Gasteiger partial charge in [0.15, 0.2) is 0 Å². The summed E-state index contributed by atoms with van der Waals surface area (Å²) < 4.78 is 1.91. The van der Waals surface area contributed by atoms with Crippen LogP contribution in [0.5, 0.6) is 0 Å². The Labute approximate surface area is 180 Å². The van der Waals surface area contributed by atoms with Gasteiger partial charge in [-0.15, -0.1) is 0 Å². The van der Waals surface area contributed by atoms with Gasteiger partial charge in [-0.3, -0.25) is 15.1 Å². The molecule has 0 spiro atoms. The molecule has 1 saturated carbocycles. The lowest BCUT2D eigenvalue weighted by atomic mass is 9.86. The number of para-hydroxylation sites is 1. The van der Waals surface area contributed by atoms with Crippen molar-refractivity contribution in [3.05, 3.63) is 88.5 Å². The number of pyridine rings is 2. The fourth-order valence-corrected chi connectivity index (χ4v) is 5.21. The maximum atomic E-state index is 13.6. The molecule has 3 heterocycles. The van der Waals surface area contributed by atoms with Crippen LogP contribution in [0.1, 0.15) is 48.4 Å². The standard InChI is InChI=1S/C26H25N3O2/c30-24-14-18(10-12-27-24)19-6-3-5-17-11-13-29(26(31)25(17)19)23-15-20(23)22-9-8-16-4-1-2-7-21(16)28-22/h1-9,11,13,18,20,23-24,27,30H,10,12,14-15H2/t18?,20?,23?,24-/m1/s1. The normalized spacial score (nSPS) is 25.7. The van der Waals surface area contributed by atoms with Gasteiger partial charge in [-0.1, -0.05) is 42.5 Å². The molecule has 2 N–H and O–H groups in total. The van der Waals surface area contributed by atoms with Crippen molar-refractivity contribution in [2.45, 2.75) is 43.4 Å². The quantitative estimate of drug-likeness (QED) is 0.533. The minimum atomic E-state index is -0.508. The third kappa shape index (κ3) is 3.25. The number of hydrogen-bond donors (Lipinski definition) is 2. The fourth-order valence-electron chi connectivity index (χ4n) is 5.21. The molecule has 2 aromatic heterocycles. The lowest BCUT2D eigenvalue weighted by Crippen LogP contribution is -2.37. The van der Waals surface area contributed by atoms with Crippen LogP contribution >= 0.6 is 0 Å². The summed E-state index contributed by atoms with van der Waals surface area (Å²) in [7, 11) is 0. The fraction of sp³-hybridized carbons (Fsp3) is 0.308. The first-order chi connectivity index (χ1) is 15.2. The highest BCUT2D eigenvalue weighted by atomic mass is 16.3. The zero-order valence-corrected chi connectivity index (χ0v) is 17.2. The van der Waals surface area contributed by atoms with E-state index in [1.54, 1.807) is 0 Å². The van der Waals surface area contributed by atoms with E-state index in [0.717, 1.165) is 52.3 Å². The van der Waals surface area contributed by atoms with Gasteiger partial charge in [0.2, 0.25) is 0 Å². The van der Waals surface area contributed by atoms with Crippen molar-refractivity contribution in [1.29, 1.82) is 0 Å². The Hall–Kier alpha value is -3.02. The molecule has 5 heteroatoms. The number of benzene rings is 2. The maximum absolute atomic E-state index is 13.6. The molecule has 4 aromatic rings. The highest BCUT2D eigenvalue weighted by Gasteiger charge is 2.42. The van der Waals surface area contributed by atoms with E-state index in [1.807, 2.05) is 41.1 Å². The molecule has 1 saturated heterocycles. The second-order valence-corrected chi connectivity index (χ2v) is 8.87. The average Bonchev–Trinajstić information content (AvgIpc) is 3.59. The number of aromatic nitrogens is 2. The molecule has 2 aromatic carbocycles. The van der Waals surface area contributed by atoms with Gasteiger partial charge in [-0.05, 0) is 60.9 Å². The molecule has 6 rings (SSSR count). The Morgan fingerprint density at radius 2 is 1.84 bits per heavy atom. The highest BCUT2D eigenvalue weighted by molar-refractivity contribution is 5.85. The van der Waals surface area contributed by atoms with Crippen molar-refractivity contribution in [1.82, 2.24) is 14.9 Å². The second kappa shape index (κ2) is 7.29. The van der Waals surface area contributed by atoms with Crippen LogP contribution in [0.15, 0.2) is 71.7 Å². The minimum absolute atomic E-state index is 0.0782. The van der Waals surface area contributed by atoms with Crippen molar-refractivity contribution in [3.63, 3.8) is 0 Å². The monoisotopic (exact) mass is 411 g/mol. The molecule has 1 aliphatic carbocycles. The zero-order chi connectivity index (χ0) is 20.9. The molecule has 0 radical (unpaired) electrons. The Bertz CT molecular complexity index is 1350. The van der Waals surface area contributed by atoms with Gasteiger partial charge >= 0.3 is 0 Å². The molecule has 5 nitrogen and oxygen atoms in total. The van der Waals surface area contributed by atoms with Crippen molar-refractivity contribution in [2.75, 3.05) is 6.54 Å². The number of aliphatic hydroxyl groups excluding tert-OH is 1.